The van der Waals surface area contributed by atoms with E-state index in [0.717, 1.165) is 29.8 Å². The highest BCUT2D eigenvalue weighted by atomic mass is 35.5. The lowest BCUT2D eigenvalue weighted by molar-refractivity contribution is 0.0950. The lowest BCUT2D eigenvalue weighted by atomic mass is 10.2. The molecular formula is C21H23ClN4O2. The number of rotatable bonds is 8. The monoisotopic (exact) mass is 398 g/mol. The average Bonchev–Trinajstić information content (AvgIpc) is 3.08. The molecule has 7 heteroatoms. The van der Waals surface area contributed by atoms with Crippen LogP contribution in [0.4, 0.5) is 0 Å². The normalized spacial score (nSPS) is 10.7. The summed E-state index contributed by atoms with van der Waals surface area (Å²) in [5, 5.41) is 7.87. The molecule has 28 heavy (non-hydrogen) atoms. The maximum Gasteiger partial charge on any atom is 0.255 e. The molecule has 2 aromatic heterocycles. The van der Waals surface area contributed by atoms with Gasteiger partial charge < -0.3 is 10.1 Å². The van der Waals surface area contributed by atoms with E-state index in [0.29, 0.717) is 29.6 Å². The fraction of sp³-hybridized carbons (Fsp3) is 0.286. The Hall–Kier alpha value is -2.86. The third kappa shape index (κ3) is 4.70. The molecule has 1 amide bonds. The molecule has 0 fully saturated rings. The van der Waals surface area contributed by atoms with Crippen molar-refractivity contribution in [2.45, 2.75) is 33.2 Å². The van der Waals surface area contributed by atoms with Crippen molar-refractivity contribution in [1.29, 1.82) is 0 Å². The zero-order valence-corrected chi connectivity index (χ0v) is 16.7. The molecule has 0 unspecified atom stereocenters. The van der Waals surface area contributed by atoms with Crippen LogP contribution in [0.2, 0.25) is 5.02 Å². The smallest absolute Gasteiger partial charge is 0.255 e. The lowest BCUT2D eigenvalue weighted by Gasteiger charge is -2.11. The van der Waals surface area contributed by atoms with Crippen molar-refractivity contribution < 1.29 is 9.53 Å². The first-order valence-corrected chi connectivity index (χ1v) is 9.63. The van der Waals surface area contributed by atoms with Crippen molar-refractivity contribution in [3.8, 4) is 11.6 Å². The van der Waals surface area contributed by atoms with Gasteiger partial charge in [-0.25, -0.2) is 9.67 Å². The number of nitrogens with zero attached hydrogens (tertiary/aromatic N) is 3. The van der Waals surface area contributed by atoms with Crippen molar-refractivity contribution in [2.24, 2.45) is 0 Å². The second-order valence-corrected chi connectivity index (χ2v) is 6.82. The highest BCUT2D eigenvalue weighted by Crippen LogP contribution is 2.19. The number of benzene rings is 1. The van der Waals surface area contributed by atoms with Crippen LogP contribution in [0.1, 0.15) is 41.4 Å². The Morgan fingerprint density at radius 1 is 1.29 bits per heavy atom. The Morgan fingerprint density at radius 2 is 2.14 bits per heavy atom. The number of carbonyl (C=O) groups excluding carboxylic acids is 1. The summed E-state index contributed by atoms with van der Waals surface area (Å²) >= 11 is 6.06. The van der Waals surface area contributed by atoms with Gasteiger partial charge in [0.05, 0.1) is 29.7 Å². The minimum Gasteiger partial charge on any atom is -0.477 e. The summed E-state index contributed by atoms with van der Waals surface area (Å²) in [6.07, 6.45) is 5.26. The van der Waals surface area contributed by atoms with E-state index < -0.39 is 0 Å². The zero-order chi connectivity index (χ0) is 19.9. The van der Waals surface area contributed by atoms with Crippen LogP contribution in [0.3, 0.4) is 0 Å². The Bertz CT molecular complexity index is 955. The number of ether oxygens (including phenoxy) is 1. The fourth-order valence-corrected chi connectivity index (χ4v) is 2.96. The van der Waals surface area contributed by atoms with E-state index in [1.165, 1.54) is 0 Å². The van der Waals surface area contributed by atoms with Gasteiger partial charge in [-0.2, -0.15) is 5.10 Å². The number of carbonyl (C=O) groups is 1. The average molecular weight is 399 g/mol. The number of nitrogens with one attached hydrogen (secondary N) is 1. The van der Waals surface area contributed by atoms with E-state index in [9.17, 15) is 4.79 Å². The molecule has 0 bridgehead atoms. The van der Waals surface area contributed by atoms with Gasteiger partial charge in [-0.3, -0.25) is 4.79 Å². The minimum absolute atomic E-state index is 0.200. The summed E-state index contributed by atoms with van der Waals surface area (Å²) < 4.78 is 7.42. The quantitative estimate of drug-likeness (QED) is 0.573. The molecular weight excluding hydrogens is 376 g/mol. The molecule has 0 atom stereocenters. The highest BCUT2D eigenvalue weighted by molar-refractivity contribution is 6.30. The molecule has 3 aromatic rings. The van der Waals surface area contributed by atoms with E-state index in [1.807, 2.05) is 31.2 Å². The highest BCUT2D eigenvalue weighted by Gasteiger charge is 2.16. The van der Waals surface area contributed by atoms with Crippen LogP contribution in [0.25, 0.3) is 5.69 Å². The topological polar surface area (TPSA) is 69.0 Å². The van der Waals surface area contributed by atoms with E-state index in [1.54, 1.807) is 29.2 Å². The molecule has 1 N–H and O–H groups in total. The van der Waals surface area contributed by atoms with Crippen LogP contribution in [0, 0.1) is 6.92 Å². The molecule has 0 aliphatic heterocycles. The molecule has 0 radical (unpaired) electrons. The molecule has 0 aliphatic carbocycles. The first kappa shape index (κ1) is 19.9. The zero-order valence-electron chi connectivity index (χ0n) is 16.0. The lowest BCUT2D eigenvalue weighted by Crippen LogP contribution is -2.24. The summed E-state index contributed by atoms with van der Waals surface area (Å²) in [5.41, 5.74) is 2.90. The van der Waals surface area contributed by atoms with E-state index >= 15 is 0 Å². The first-order valence-electron chi connectivity index (χ1n) is 9.25. The molecule has 0 saturated heterocycles. The van der Waals surface area contributed by atoms with Crippen molar-refractivity contribution in [3.05, 3.63) is 70.6 Å². The summed E-state index contributed by atoms with van der Waals surface area (Å²) in [7, 11) is 0. The van der Waals surface area contributed by atoms with Crippen molar-refractivity contribution in [2.75, 3.05) is 6.61 Å². The summed E-state index contributed by atoms with van der Waals surface area (Å²) in [6.45, 7) is 4.90. The van der Waals surface area contributed by atoms with Gasteiger partial charge in [-0.1, -0.05) is 37.1 Å². The molecule has 2 heterocycles. The molecule has 0 aliphatic rings. The van der Waals surface area contributed by atoms with Gasteiger partial charge in [0.25, 0.3) is 5.91 Å². The minimum atomic E-state index is -0.200. The van der Waals surface area contributed by atoms with Crippen LogP contribution in [0.15, 0.2) is 48.8 Å². The largest absolute Gasteiger partial charge is 0.477 e. The number of hydrogen-bond acceptors (Lipinski definition) is 4. The predicted octanol–water partition coefficient (Wildman–Crippen LogP) is 4.34. The van der Waals surface area contributed by atoms with E-state index in [4.69, 9.17) is 16.3 Å². The maximum atomic E-state index is 12.7. The standard InChI is InChI=1S/C21H23ClN4O2/c1-3-4-11-28-21-16(7-6-10-23-21)13-24-20(27)19-14-25-26(15(19)2)18-9-5-8-17(22)12-18/h5-10,12,14H,3-4,11,13H2,1-2H3,(H,24,27). The Labute approximate surface area is 169 Å². The Balaban J connectivity index is 1.70. The van der Waals surface area contributed by atoms with Crippen LogP contribution in [-0.4, -0.2) is 27.3 Å². The number of halogens is 1. The van der Waals surface area contributed by atoms with Gasteiger partial charge in [0.1, 0.15) is 0 Å². The second kappa shape index (κ2) is 9.37. The third-order valence-electron chi connectivity index (χ3n) is 4.33. The Kier molecular flexibility index (Phi) is 6.66. The van der Waals surface area contributed by atoms with Gasteiger partial charge in [0.15, 0.2) is 0 Å². The van der Waals surface area contributed by atoms with Crippen LogP contribution in [0.5, 0.6) is 5.88 Å². The van der Waals surface area contributed by atoms with Crippen molar-refractivity contribution >= 4 is 17.5 Å². The van der Waals surface area contributed by atoms with Gasteiger partial charge in [0.2, 0.25) is 5.88 Å². The molecule has 146 valence electrons. The predicted molar refractivity (Wildman–Crippen MR) is 109 cm³/mol. The van der Waals surface area contributed by atoms with Crippen molar-refractivity contribution in [1.82, 2.24) is 20.1 Å². The van der Waals surface area contributed by atoms with Crippen LogP contribution < -0.4 is 10.1 Å². The first-order chi connectivity index (χ1) is 13.6. The number of pyridine rings is 1. The van der Waals surface area contributed by atoms with E-state index in [-0.39, 0.29) is 5.91 Å². The van der Waals surface area contributed by atoms with Gasteiger partial charge in [0, 0.05) is 23.3 Å². The van der Waals surface area contributed by atoms with Crippen LogP contribution >= 0.6 is 11.6 Å². The molecule has 0 spiro atoms. The molecule has 0 saturated carbocycles. The van der Waals surface area contributed by atoms with Crippen molar-refractivity contribution in [3.63, 3.8) is 0 Å². The van der Waals surface area contributed by atoms with E-state index in [2.05, 4.69) is 22.3 Å². The number of hydrogen-bond donors (Lipinski definition) is 1. The maximum absolute atomic E-state index is 12.7. The Morgan fingerprint density at radius 3 is 2.93 bits per heavy atom. The SMILES string of the molecule is CCCCOc1ncccc1CNC(=O)c1cnn(-c2cccc(Cl)c2)c1C. The second-order valence-electron chi connectivity index (χ2n) is 6.39. The molecule has 6 nitrogen and oxygen atoms in total. The number of unbranched alkanes of at least 4 members (excludes halogenated alkanes) is 1. The van der Waals surface area contributed by atoms with Gasteiger partial charge in [-0.15, -0.1) is 0 Å². The summed E-state index contributed by atoms with van der Waals surface area (Å²) in [6, 6.07) is 11.1. The number of aromatic nitrogens is 3. The summed E-state index contributed by atoms with van der Waals surface area (Å²) in [5.74, 6) is 0.358. The number of amides is 1. The van der Waals surface area contributed by atoms with Crippen LogP contribution in [-0.2, 0) is 6.54 Å². The summed E-state index contributed by atoms with van der Waals surface area (Å²) in [4.78, 5) is 16.9. The molecule has 1 aromatic carbocycles. The third-order valence-corrected chi connectivity index (χ3v) is 4.57. The van der Waals surface area contributed by atoms with Gasteiger partial charge >= 0.3 is 0 Å². The molecule has 3 rings (SSSR count). The van der Waals surface area contributed by atoms with Gasteiger partial charge in [-0.05, 0) is 37.6 Å². The fourth-order valence-electron chi connectivity index (χ4n) is 2.77.